The molecule has 0 spiro atoms. The molecule has 162 valence electrons. The van der Waals surface area contributed by atoms with Crippen molar-refractivity contribution in [2.24, 2.45) is 0 Å². The smallest absolute Gasteiger partial charge is 0.445 e. The van der Waals surface area contributed by atoms with E-state index in [1.54, 1.807) is 30.3 Å². The van der Waals surface area contributed by atoms with Crippen LogP contribution in [0.3, 0.4) is 0 Å². The van der Waals surface area contributed by atoms with Crippen molar-refractivity contribution in [1.82, 2.24) is 15.7 Å². The zero-order valence-electron chi connectivity index (χ0n) is 15.2. The van der Waals surface area contributed by atoms with Crippen molar-refractivity contribution >= 4 is 29.8 Å². The minimum Gasteiger partial charge on any atom is -0.445 e. The van der Waals surface area contributed by atoms with Gasteiger partial charge in [-0.3, -0.25) is 14.4 Å². The minimum absolute atomic E-state index is 0.151. The van der Waals surface area contributed by atoms with Crippen LogP contribution in [-0.2, 0) is 35.4 Å². The molecular formula is C17H16F3N3O7. The first-order valence-corrected chi connectivity index (χ1v) is 8.47. The van der Waals surface area contributed by atoms with Crippen LogP contribution in [0.25, 0.3) is 0 Å². The standard InChI is InChI=1S/C17H16F3N3O7/c18-17(19,20)15(27)21-8-11(14(26)30-23-12(24)6-7-13(23)25)22-16(28)29-9-10-4-2-1-3-5-10/h1-5,11H,6-9H2,(H,21,27)(H,22,28)/t11-/m0/s1. The lowest BCUT2D eigenvalue weighted by Crippen LogP contribution is -2.52. The third kappa shape index (κ3) is 6.46. The van der Waals surface area contributed by atoms with Gasteiger partial charge in [-0.2, -0.15) is 13.2 Å². The Hall–Kier alpha value is -3.64. The Bertz CT molecular complexity index is 814. The topological polar surface area (TPSA) is 131 Å². The summed E-state index contributed by atoms with van der Waals surface area (Å²) in [5.74, 6) is -5.48. The first-order valence-electron chi connectivity index (χ1n) is 8.47. The molecule has 10 nitrogen and oxygen atoms in total. The third-order valence-electron chi connectivity index (χ3n) is 3.70. The number of rotatable bonds is 7. The molecule has 1 fully saturated rings. The Morgan fingerprint density at radius 2 is 1.67 bits per heavy atom. The first kappa shape index (κ1) is 22.6. The van der Waals surface area contributed by atoms with E-state index in [2.05, 4.69) is 4.84 Å². The molecule has 0 aromatic heterocycles. The van der Waals surface area contributed by atoms with E-state index >= 15 is 0 Å². The van der Waals surface area contributed by atoms with Gasteiger partial charge in [-0.1, -0.05) is 30.3 Å². The largest absolute Gasteiger partial charge is 0.471 e. The quantitative estimate of drug-likeness (QED) is 0.604. The molecule has 0 aliphatic carbocycles. The Labute approximate surface area is 167 Å². The number of hydroxylamine groups is 2. The molecule has 4 amide bonds. The van der Waals surface area contributed by atoms with Gasteiger partial charge in [0.1, 0.15) is 12.6 Å². The lowest BCUT2D eigenvalue weighted by Gasteiger charge is -2.20. The predicted octanol–water partition coefficient (Wildman–Crippen LogP) is 0.567. The summed E-state index contributed by atoms with van der Waals surface area (Å²) in [6.45, 7) is -1.25. The van der Waals surface area contributed by atoms with Gasteiger partial charge in [-0.25, -0.2) is 9.59 Å². The van der Waals surface area contributed by atoms with Crippen molar-refractivity contribution < 1.29 is 46.7 Å². The van der Waals surface area contributed by atoms with Gasteiger partial charge < -0.3 is 20.2 Å². The van der Waals surface area contributed by atoms with Gasteiger partial charge in [-0.15, -0.1) is 5.06 Å². The highest BCUT2D eigenvalue weighted by Crippen LogP contribution is 2.15. The average molecular weight is 431 g/mol. The molecule has 1 saturated heterocycles. The van der Waals surface area contributed by atoms with E-state index < -0.39 is 48.5 Å². The van der Waals surface area contributed by atoms with Crippen LogP contribution in [0.1, 0.15) is 18.4 Å². The Balaban J connectivity index is 2.00. The fourth-order valence-corrected chi connectivity index (χ4v) is 2.21. The maximum absolute atomic E-state index is 12.4. The summed E-state index contributed by atoms with van der Waals surface area (Å²) < 4.78 is 41.9. The summed E-state index contributed by atoms with van der Waals surface area (Å²) in [5, 5.41) is 3.49. The molecule has 0 bridgehead atoms. The van der Waals surface area contributed by atoms with Crippen LogP contribution in [0.5, 0.6) is 0 Å². The zero-order valence-corrected chi connectivity index (χ0v) is 15.2. The molecule has 1 atom stereocenters. The van der Waals surface area contributed by atoms with Crippen LogP contribution < -0.4 is 10.6 Å². The summed E-state index contributed by atoms with van der Waals surface area (Å²) in [6.07, 6.45) is -6.87. The number of nitrogens with zero attached hydrogens (tertiary/aromatic N) is 1. The molecule has 13 heteroatoms. The van der Waals surface area contributed by atoms with Crippen LogP contribution in [0.2, 0.25) is 0 Å². The van der Waals surface area contributed by atoms with Crippen LogP contribution in [0, 0.1) is 0 Å². The van der Waals surface area contributed by atoms with Gasteiger partial charge >= 0.3 is 24.1 Å². The number of carbonyl (C=O) groups excluding carboxylic acids is 5. The number of amides is 4. The summed E-state index contributed by atoms with van der Waals surface area (Å²) in [6, 6.07) is 6.46. The van der Waals surface area contributed by atoms with Gasteiger partial charge in [0.15, 0.2) is 0 Å². The predicted molar refractivity (Wildman–Crippen MR) is 89.8 cm³/mol. The van der Waals surface area contributed by atoms with Crippen LogP contribution >= 0.6 is 0 Å². The average Bonchev–Trinajstić information content (AvgIpc) is 3.01. The van der Waals surface area contributed by atoms with Crippen molar-refractivity contribution in [3.63, 3.8) is 0 Å². The van der Waals surface area contributed by atoms with Crippen LogP contribution in [0.4, 0.5) is 18.0 Å². The highest BCUT2D eigenvalue weighted by molar-refractivity contribution is 6.02. The number of halogens is 3. The van der Waals surface area contributed by atoms with E-state index in [4.69, 9.17) is 4.74 Å². The van der Waals surface area contributed by atoms with E-state index in [0.717, 1.165) is 0 Å². The summed E-state index contributed by atoms with van der Waals surface area (Å²) >= 11 is 0. The third-order valence-corrected chi connectivity index (χ3v) is 3.70. The monoisotopic (exact) mass is 431 g/mol. The normalized spacial score (nSPS) is 14.8. The van der Waals surface area contributed by atoms with Crippen molar-refractivity contribution in [2.45, 2.75) is 31.7 Å². The van der Waals surface area contributed by atoms with Gasteiger partial charge in [0, 0.05) is 19.4 Å². The molecule has 0 saturated carbocycles. The van der Waals surface area contributed by atoms with Crippen molar-refractivity contribution in [3.8, 4) is 0 Å². The number of hydrogen-bond acceptors (Lipinski definition) is 7. The molecule has 2 rings (SSSR count). The highest BCUT2D eigenvalue weighted by Gasteiger charge is 2.40. The summed E-state index contributed by atoms with van der Waals surface area (Å²) in [5.41, 5.74) is 0.588. The number of benzene rings is 1. The Morgan fingerprint density at radius 3 is 2.23 bits per heavy atom. The zero-order chi connectivity index (χ0) is 22.3. The van der Waals surface area contributed by atoms with Gasteiger partial charge in [0.05, 0.1) is 0 Å². The van der Waals surface area contributed by atoms with E-state index in [-0.39, 0.29) is 24.5 Å². The lowest BCUT2D eigenvalue weighted by molar-refractivity contribution is -0.199. The Kier molecular flexibility index (Phi) is 7.33. The lowest BCUT2D eigenvalue weighted by atomic mass is 10.2. The molecule has 30 heavy (non-hydrogen) atoms. The second-order valence-corrected chi connectivity index (χ2v) is 5.96. The van der Waals surface area contributed by atoms with E-state index in [1.165, 1.54) is 5.32 Å². The SMILES string of the molecule is O=C(N[C@@H](CNC(=O)C(F)(F)F)C(=O)ON1C(=O)CCC1=O)OCc1ccccc1. The minimum atomic E-state index is -5.23. The van der Waals surface area contributed by atoms with E-state index in [0.29, 0.717) is 5.56 Å². The van der Waals surface area contributed by atoms with Gasteiger partial charge in [0.25, 0.3) is 11.8 Å². The molecule has 2 N–H and O–H groups in total. The molecular weight excluding hydrogens is 415 g/mol. The molecule has 1 aliphatic rings. The van der Waals surface area contributed by atoms with Crippen molar-refractivity contribution in [1.29, 1.82) is 0 Å². The highest BCUT2D eigenvalue weighted by atomic mass is 19.4. The number of nitrogens with one attached hydrogen (secondary N) is 2. The second kappa shape index (κ2) is 9.71. The molecule has 1 aromatic rings. The van der Waals surface area contributed by atoms with Crippen LogP contribution in [0.15, 0.2) is 30.3 Å². The van der Waals surface area contributed by atoms with Gasteiger partial charge in [0.2, 0.25) is 0 Å². The summed E-state index contributed by atoms with van der Waals surface area (Å²) in [4.78, 5) is 62.7. The number of imide groups is 1. The van der Waals surface area contributed by atoms with E-state index in [9.17, 15) is 37.1 Å². The summed E-state index contributed by atoms with van der Waals surface area (Å²) in [7, 11) is 0. The van der Waals surface area contributed by atoms with E-state index in [1.807, 2.05) is 5.32 Å². The van der Waals surface area contributed by atoms with Crippen LogP contribution in [-0.4, -0.2) is 53.6 Å². The fourth-order valence-electron chi connectivity index (χ4n) is 2.21. The molecule has 1 aliphatic heterocycles. The number of carbonyl (C=O) groups is 5. The maximum atomic E-state index is 12.4. The molecule has 0 radical (unpaired) electrons. The molecule has 1 heterocycles. The second-order valence-electron chi connectivity index (χ2n) is 5.96. The molecule has 0 unspecified atom stereocenters. The maximum Gasteiger partial charge on any atom is 0.471 e. The van der Waals surface area contributed by atoms with Crippen molar-refractivity contribution in [3.05, 3.63) is 35.9 Å². The molecule has 1 aromatic carbocycles. The number of hydrogen-bond donors (Lipinski definition) is 2. The number of ether oxygens (including phenoxy) is 1. The fraction of sp³-hybridized carbons (Fsp3) is 0.353. The number of alkyl halides is 3. The van der Waals surface area contributed by atoms with Gasteiger partial charge in [-0.05, 0) is 5.56 Å². The first-order chi connectivity index (χ1) is 14.1. The van der Waals surface area contributed by atoms with Crippen molar-refractivity contribution in [2.75, 3.05) is 6.54 Å². The number of alkyl carbamates (subject to hydrolysis) is 1. The Morgan fingerprint density at radius 1 is 1.07 bits per heavy atom.